The van der Waals surface area contributed by atoms with Gasteiger partial charge in [-0.05, 0) is 37.1 Å². The fourth-order valence-electron chi connectivity index (χ4n) is 2.26. The van der Waals surface area contributed by atoms with E-state index in [0.717, 1.165) is 31.5 Å². The molecule has 1 aliphatic rings. The lowest BCUT2D eigenvalue weighted by atomic mass is 10.1. The zero-order chi connectivity index (χ0) is 12.3. The zero-order valence-corrected chi connectivity index (χ0v) is 9.60. The van der Waals surface area contributed by atoms with Gasteiger partial charge in [0.1, 0.15) is 0 Å². The molecule has 2 N–H and O–H groups in total. The van der Waals surface area contributed by atoms with E-state index in [1.807, 2.05) is 12.1 Å². The van der Waals surface area contributed by atoms with Crippen molar-refractivity contribution in [3.8, 4) is 6.07 Å². The van der Waals surface area contributed by atoms with Gasteiger partial charge in [-0.3, -0.25) is 9.69 Å². The summed E-state index contributed by atoms with van der Waals surface area (Å²) in [6.07, 6.45) is 1.87. The van der Waals surface area contributed by atoms with Gasteiger partial charge in [-0.25, -0.2) is 0 Å². The average Bonchev–Trinajstić information content (AvgIpc) is 2.78. The molecule has 88 valence electrons. The molecule has 4 nitrogen and oxygen atoms in total. The van der Waals surface area contributed by atoms with Crippen molar-refractivity contribution in [3.63, 3.8) is 0 Å². The molecule has 1 aromatic rings. The van der Waals surface area contributed by atoms with E-state index in [1.165, 1.54) is 0 Å². The van der Waals surface area contributed by atoms with Crippen molar-refractivity contribution >= 4 is 5.91 Å². The topological polar surface area (TPSA) is 70.1 Å². The van der Waals surface area contributed by atoms with Crippen LogP contribution in [-0.4, -0.2) is 23.4 Å². The maximum atomic E-state index is 11.2. The highest BCUT2D eigenvalue weighted by atomic mass is 16.1. The van der Waals surface area contributed by atoms with Gasteiger partial charge < -0.3 is 5.73 Å². The van der Waals surface area contributed by atoms with Crippen molar-refractivity contribution in [1.82, 2.24) is 4.90 Å². The summed E-state index contributed by atoms with van der Waals surface area (Å²) in [5.74, 6) is -0.240. The van der Waals surface area contributed by atoms with Gasteiger partial charge in [0.2, 0.25) is 5.91 Å². The van der Waals surface area contributed by atoms with Crippen molar-refractivity contribution in [1.29, 1.82) is 5.26 Å². The highest BCUT2D eigenvalue weighted by molar-refractivity contribution is 5.80. The van der Waals surface area contributed by atoms with Gasteiger partial charge in [0.05, 0.1) is 17.7 Å². The van der Waals surface area contributed by atoms with Crippen LogP contribution in [0.2, 0.25) is 0 Å². The third kappa shape index (κ3) is 2.63. The molecule has 0 spiro atoms. The molecule has 1 aliphatic heterocycles. The Labute approximate surface area is 101 Å². The van der Waals surface area contributed by atoms with Crippen LogP contribution in [0.25, 0.3) is 0 Å². The first-order valence-electron chi connectivity index (χ1n) is 5.73. The normalized spacial score (nSPS) is 20.1. The van der Waals surface area contributed by atoms with Crippen molar-refractivity contribution in [2.45, 2.75) is 25.4 Å². The molecule has 1 saturated heterocycles. The van der Waals surface area contributed by atoms with Crippen LogP contribution >= 0.6 is 0 Å². The first kappa shape index (κ1) is 11.6. The van der Waals surface area contributed by atoms with Gasteiger partial charge in [-0.15, -0.1) is 0 Å². The Morgan fingerprint density at radius 2 is 2.18 bits per heavy atom. The minimum absolute atomic E-state index is 0.134. The molecule has 1 fully saturated rings. The molecule has 0 saturated carbocycles. The SMILES string of the molecule is N#Cc1ccc(CN2CCC[C@H]2C(N)=O)cc1. The quantitative estimate of drug-likeness (QED) is 0.840. The number of rotatable bonds is 3. The second-order valence-corrected chi connectivity index (χ2v) is 4.34. The lowest BCUT2D eigenvalue weighted by molar-refractivity contribution is -0.122. The lowest BCUT2D eigenvalue weighted by Crippen LogP contribution is -2.39. The van der Waals surface area contributed by atoms with Gasteiger partial charge in [-0.2, -0.15) is 5.26 Å². The molecule has 0 aromatic heterocycles. The monoisotopic (exact) mass is 229 g/mol. The van der Waals surface area contributed by atoms with E-state index in [9.17, 15) is 4.79 Å². The first-order valence-corrected chi connectivity index (χ1v) is 5.73. The number of primary amides is 1. The number of benzene rings is 1. The fourth-order valence-corrected chi connectivity index (χ4v) is 2.26. The summed E-state index contributed by atoms with van der Waals surface area (Å²) in [5.41, 5.74) is 7.13. The van der Waals surface area contributed by atoms with Gasteiger partial charge in [0, 0.05) is 6.54 Å². The van der Waals surface area contributed by atoms with Gasteiger partial charge >= 0.3 is 0 Å². The van der Waals surface area contributed by atoms with E-state index >= 15 is 0 Å². The summed E-state index contributed by atoms with van der Waals surface area (Å²) < 4.78 is 0. The summed E-state index contributed by atoms with van der Waals surface area (Å²) in [6, 6.07) is 9.40. The minimum Gasteiger partial charge on any atom is -0.368 e. The summed E-state index contributed by atoms with van der Waals surface area (Å²) >= 11 is 0. The number of amides is 1. The molecule has 1 atom stereocenters. The standard InChI is InChI=1S/C13H15N3O/c14-8-10-3-5-11(6-4-10)9-16-7-1-2-12(16)13(15)17/h3-6,12H,1-2,7,9H2,(H2,15,17)/t12-/m0/s1. The Bertz CT molecular complexity index is 447. The fraction of sp³-hybridized carbons (Fsp3) is 0.385. The predicted octanol–water partition coefficient (Wildman–Crippen LogP) is 1.01. The van der Waals surface area contributed by atoms with Gasteiger partial charge in [0.25, 0.3) is 0 Å². The lowest BCUT2D eigenvalue weighted by Gasteiger charge is -2.21. The van der Waals surface area contributed by atoms with Crippen LogP contribution in [0.15, 0.2) is 24.3 Å². The van der Waals surface area contributed by atoms with Gasteiger partial charge in [-0.1, -0.05) is 12.1 Å². The predicted molar refractivity (Wildman–Crippen MR) is 63.8 cm³/mol. The van der Waals surface area contributed by atoms with E-state index in [0.29, 0.717) is 5.56 Å². The highest BCUT2D eigenvalue weighted by Crippen LogP contribution is 2.19. The second kappa shape index (κ2) is 4.98. The highest BCUT2D eigenvalue weighted by Gasteiger charge is 2.28. The number of likely N-dealkylation sites (tertiary alicyclic amines) is 1. The molecule has 0 radical (unpaired) electrons. The first-order chi connectivity index (χ1) is 8.20. The Morgan fingerprint density at radius 1 is 1.47 bits per heavy atom. The number of carbonyl (C=O) groups is 1. The Hall–Kier alpha value is -1.86. The van der Waals surface area contributed by atoms with E-state index in [2.05, 4.69) is 11.0 Å². The summed E-state index contributed by atoms with van der Waals surface area (Å²) in [6.45, 7) is 1.63. The van der Waals surface area contributed by atoms with Crippen LogP contribution in [0.1, 0.15) is 24.0 Å². The van der Waals surface area contributed by atoms with Crippen LogP contribution in [0.5, 0.6) is 0 Å². The molecule has 0 unspecified atom stereocenters. The zero-order valence-electron chi connectivity index (χ0n) is 9.60. The number of hydrogen-bond donors (Lipinski definition) is 1. The number of hydrogen-bond acceptors (Lipinski definition) is 3. The maximum Gasteiger partial charge on any atom is 0.234 e. The molecule has 1 amide bonds. The molecule has 1 aromatic carbocycles. The van der Waals surface area contributed by atoms with E-state index in [4.69, 9.17) is 11.0 Å². The number of nitrogens with zero attached hydrogens (tertiary/aromatic N) is 2. The van der Waals surface area contributed by atoms with Crippen molar-refractivity contribution in [3.05, 3.63) is 35.4 Å². The average molecular weight is 229 g/mol. The number of nitriles is 1. The Balaban J connectivity index is 2.05. The van der Waals surface area contributed by atoms with Crippen LogP contribution < -0.4 is 5.73 Å². The molecular weight excluding hydrogens is 214 g/mol. The number of carbonyl (C=O) groups excluding carboxylic acids is 1. The molecule has 17 heavy (non-hydrogen) atoms. The molecule has 1 heterocycles. The molecule has 4 heteroatoms. The second-order valence-electron chi connectivity index (χ2n) is 4.34. The summed E-state index contributed by atoms with van der Waals surface area (Å²) in [4.78, 5) is 13.3. The van der Waals surface area contributed by atoms with Crippen molar-refractivity contribution < 1.29 is 4.79 Å². The van der Waals surface area contributed by atoms with Crippen LogP contribution in [0.4, 0.5) is 0 Å². The van der Waals surface area contributed by atoms with E-state index in [-0.39, 0.29) is 11.9 Å². The van der Waals surface area contributed by atoms with Crippen LogP contribution in [0.3, 0.4) is 0 Å². The van der Waals surface area contributed by atoms with Crippen LogP contribution in [0, 0.1) is 11.3 Å². The largest absolute Gasteiger partial charge is 0.368 e. The molecular formula is C13H15N3O. The minimum atomic E-state index is -0.240. The van der Waals surface area contributed by atoms with E-state index in [1.54, 1.807) is 12.1 Å². The molecule has 2 rings (SSSR count). The van der Waals surface area contributed by atoms with Crippen molar-refractivity contribution in [2.24, 2.45) is 5.73 Å². The third-order valence-electron chi connectivity index (χ3n) is 3.16. The smallest absolute Gasteiger partial charge is 0.234 e. The number of nitrogens with two attached hydrogens (primary N) is 1. The Kier molecular flexibility index (Phi) is 3.40. The van der Waals surface area contributed by atoms with E-state index < -0.39 is 0 Å². The molecule has 0 bridgehead atoms. The van der Waals surface area contributed by atoms with Crippen LogP contribution in [-0.2, 0) is 11.3 Å². The summed E-state index contributed by atoms with van der Waals surface area (Å²) in [5, 5.41) is 8.71. The Morgan fingerprint density at radius 3 is 2.76 bits per heavy atom. The maximum absolute atomic E-state index is 11.2. The van der Waals surface area contributed by atoms with Crippen molar-refractivity contribution in [2.75, 3.05) is 6.54 Å². The molecule has 0 aliphatic carbocycles. The third-order valence-corrected chi connectivity index (χ3v) is 3.16. The summed E-state index contributed by atoms with van der Waals surface area (Å²) in [7, 11) is 0. The van der Waals surface area contributed by atoms with Gasteiger partial charge in [0.15, 0.2) is 0 Å².